The van der Waals surface area contributed by atoms with Gasteiger partial charge in [0.05, 0.1) is 44.1 Å². The second-order valence-corrected chi connectivity index (χ2v) is 28.0. The van der Waals surface area contributed by atoms with E-state index in [0.717, 1.165) is 6.42 Å². The van der Waals surface area contributed by atoms with Crippen molar-refractivity contribution >= 4 is 17.9 Å². The largest absolute Gasteiger partial charge is 0.479 e. The molecule has 0 aromatic carbocycles. The Kier molecular flexibility index (Phi) is 19.3. The first-order valence-corrected chi connectivity index (χ1v) is 30.1. The molecule has 9 fully saturated rings. The van der Waals surface area contributed by atoms with Crippen molar-refractivity contribution in [2.75, 3.05) is 26.4 Å². The zero-order chi connectivity index (χ0) is 62.6. The third-order valence-corrected chi connectivity index (χ3v) is 22.8. The van der Waals surface area contributed by atoms with Crippen LogP contribution >= 0.6 is 0 Å². The monoisotopic (exact) mass is 1220 g/mol. The van der Waals surface area contributed by atoms with Gasteiger partial charge in [-0.3, -0.25) is 4.79 Å². The van der Waals surface area contributed by atoms with Gasteiger partial charge in [0.2, 0.25) is 0 Å². The molecule has 4 saturated heterocycles. The van der Waals surface area contributed by atoms with E-state index in [1.165, 1.54) is 6.92 Å². The van der Waals surface area contributed by atoms with Gasteiger partial charge in [-0.2, -0.15) is 0 Å². The molecule has 85 heavy (non-hydrogen) atoms. The Morgan fingerprint density at radius 2 is 1.20 bits per heavy atom. The maximum absolute atomic E-state index is 13.5. The maximum atomic E-state index is 13.5. The molecule has 13 N–H and O–H groups in total. The summed E-state index contributed by atoms with van der Waals surface area (Å²) in [6.45, 7) is 17.0. The number of allylic oxidation sites excluding steroid dienone is 1. The van der Waals surface area contributed by atoms with E-state index in [0.29, 0.717) is 44.1 Å². The van der Waals surface area contributed by atoms with Gasteiger partial charge in [-0.15, -0.1) is 0 Å². The summed E-state index contributed by atoms with van der Waals surface area (Å²) in [4.78, 5) is 39.7. The summed E-state index contributed by atoms with van der Waals surface area (Å²) < 4.78 is 61.0. The van der Waals surface area contributed by atoms with Gasteiger partial charge >= 0.3 is 17.9 Å². The number of hydrogen-bond donors (Lipinski definition) is 13. The van der Waals surface area contributed by atoms with Crippen LogP contribution in [0.2, 0.25) is 0 Å². The molecular formula is C59H94O26. The number of esters is 2. The highest BCUT2D eigenvalue weighted by Gasteiger charge is 2.75. The summed E-state index contributed by atoms with van der Waals surface area (Å²) in [6.07, 6.45) is -31.5. The van der Waals surface area contributed by atoms with E-state index in [9.17, 15) is 80.8 Å². The van der Waals surface area contributed by atoms with Crippen molar-refractivity contribution in [3.63, 3.8) is 0 Å². The quantitative estimate of drug-likeness (QED) is 0.0557. The molecule has 9 rings (SSSR count). The molecule has 5 aliphatic carbocycles. The van der Waals surface area contributed by atoms with Gasteiger partial charge in [-0.25, -0.2) is 9.59 Å². The molecule has 0 amide bonds. The van der Waals surface area contributed by atoms with Gasteiger partial charge in [0.25, 0.3) is 0 Å². The number of carboxylic acid groups (broad SMARTS) is 1. The van der Waals surface area contributed by atoms with Crippen molar-refractivity contribution < 1.29 is 128 Å². The van der Waals surface area contributed by atoms with Crippen LogP contribution in [0.15, 0.2) is 11.6 Å². The van der Waals surface area contributed by atoms with Gasteiger partial charge in [-0.05, 0) is 111 Å². The Balaban J connectivity index is 1.02. The number of aliphatic hydroxyl groups is 12. The fraction of sp³-hybridized carbons (Fsp3) is 0.915. The number of carboxylic acids is 1. The summed E-state index contributed by atoms with van der Waals surface area (Å²) in [6, 6.07) is 0. The molecule has 4 aliphatic heterocycles. The Bertz CT molecular complexity index is 2430. The minimum absolute atomic E-state index is 0.0662. The second kappa shape index (κ2) is 24.5. The minimum Gasteiger partial charge on any atom is -0.479 e. The fourth-order valence-electron chi connectivity index (χ4n) is 17.9. The van der Waals surface area contributed by atoms with Crippen LogP contribution < -0.4 is 0 Å². The van der Waals surface area contributed by atoms with Crippen molar-refractivity contribution in [1.29, 1.82) is 0 Å². The first-order valence-electron chi connectivity index (χ1n) is 30.1. The number of aliphatic carboxylic acids is 1. The number of aliphatic hydroxyl groups excluding tert-OH is 12. The van der Waals surface area contributed by atoms with Crippen molar-refractivity contribution in [1.82, 2.24) is 0 Å². The number of fused-ring (bicyclic) bond motifs is 7. The first-order chi connectivity index (χ1) is 39.7. The minimum atomic E-state index is -2.20. The number of hydrogen-bond acceptors (Lipinski definition) is 25. The lowest BCUT2D eigenvalue weighted by molar-refractivity contribution is -0.399. The lowest BCUT2D eigenvalue weighted by Crippen LogP contribution is -2.74. The van der Waals surface area contributed by atoms with E-state index < -0.39 is 206 Å². The summed E-state index contributed by atoms with van der Waals surface area (Å²) in [5.74, 6) is -3.33. The Labute approximate surface area is 494 Å². The lowest BCUT2D eigenvalue weighted by Gasteiger charge is -2.75. The molecule has 0 aromatic heterocycles. The summed E-state index contributed by atoms with van der Waals surface area (Å²) in [7, 11) is 0. The van der Waals surface area contributed by atoms with Gasteiger partial charge in [0.15, 0.2) is 31.3 Å². The smallest absolute Gasteiger partial charge is 0.335 e. The summed E-state index contributed by atoms with van der Waals surface area (Å²) >= 11 is 0. The van der Waals surface area contributed by atoms with E-state index in [1.54, 1.807) is 19.9 Å². The van der Waals surface area contributed by atoms with Crippen LogP contribution in [0.4, 0.5) is 0 Å². The number of rotatable bonds is 14. The second-order valence-electron chi connectivity index (χ2n) is 28.0. The van der Waals surface area contributed by atoms with E-state index in [-0.39, 0.29) is 35.5 Å². The van der Waals surface area contributed by atoms with Gasteiger partial charge in [0.1, 0.15) is 91.6 Å². The summed E-state index contributed by atoms with van der Waals surface area (Å²) in [5, 5.41) is 144. The standard InChI is InChI=1S/C59H94O26/c1-11-24(2)49(75)85-46-47(78-25(3)62)59(23-61)27(18-54(46,4)5)26-12-13-32-56(8)16-15-34(55(6,7)31(56)14-17-57(32,9)58(26,10)19-33(59)65)80-53-45(84-51-40(71)38(69)37(68)30(20-60)79-51)42(41(72)43(82-53)48(73)74)81-52-44(36(67)29(64)22-77-52)83-50-39(70)35(66)28(63)21-76-50/h11,26-47,50-53,60-61,63-72H,12-23H2,1-10H3,(H,73,74)/b24-11-/t26?,27?,28-,29+,30-,31?,32?,33-,34+,35+,36+,37+,38+,39-,40-,41+,42+,43+,44-,45-,46+,47+,50+,51+,52+,53-,56+,57-,58-,59+/m1/s1. The molecule has 4 unspecified atom stereocenters. The molecule has 0 aromatic rings. The average Bonchev–Trinajstić information content (AvgIpc) is 0.712. The first kappa shape index (κ1) is 66.8. The molecular weight excluding hydrogens is 1120 g/mol. The highest BCUT2D eigenvalue weighted by atomic mass is 16.8. The normalized spacial score (nSPS) is 51.4. The highest BCUT2D eigenvalue weighted by Crippen LogP contribution is 2.77. The van der Waals surface area contributed by atoms with Crippen LogP contribution in [0, 0.1) is 56.2 Å². The van der Waals surface area contributed by atoms with Crippen LogP contribution in [0.1, 0.15) is 121 Å². The number of carbonyl (C=O) groups is 3. The molecule has 26 heteroatoms. The summed E-state index contributed by atoms with van der Waals surface area (Å²) in [5.41, 5.74) is -3.83. The SMILES string of the molecule is C/C=C(/C)C(=O)O[C@H]1[C@H](OC(C)=O)[C@@]2(CO)C(CC1(C)C)C1CCC3[C@@]4(C)CC[C@H](O[C@@H]5O[C@H](C(=O)O)[C@@H](O)[C@H](O[C@@H]6OC[C@H](O)[C@H](O)[C@H]6O[C@@H]6OC[C@@H](O)[C@H](O)[C@H]6O)[C@H]5O[C@@H]5O[C@H](CO)[C@H](O)[C@H](O)[C@H]5O)C(C)(C)C4CC[C@@]3(C)[C@]1(C)C[C@H]2O. The van der Waals surface area contributed by atoms with Crippen LogP contribution in [-0.2, 0) is 61.8 Å². The number of ether oxygens (including phenoxy) is 10. The van der Waals surface area contributed by atoms with E-state index in [1.807, 2.05) is 27.7 Å². The lowest BCUT2D eigenvalue weighted by atomic mass is 9.31. The Hall–Kier alpha value is -2.65. The molecule has 486 valence electrons. The predicted octanol–water partition coefficient (Wildman–Crippen LogP) is -1.11. The fourth-order valence-corrected chi connectivity index (χ4v) is 17.9. The van der Waals surface area contributed by atoms with E-state index in [4.69, 9.17) is 47.4 Å². The van der Waals surface area contributed by atoms with E-state index >= 15 is 0 Å². The topological polar surface area (TPSA) is 407 Å². The molecule has 5 saturated carbocycles. The van der Waals surface area contributed by atoms with Crippen molar-refractivity contribution in [3.8, 4) is 0 Å². The number of carbonyl (C=O) groups excluding carboxylic acids is 2. The van der Waals surface area contributed by atoms with Crippen LogP contribution in [-0.4, -0.2) is 246 Å². The molecule has 30 atom stereocenters. The van der Waals surface area contributed by atoms with Crippen molar-refractivity contribution in [2.45, 2.75) is 256 Å². The molecule has 26 nitrogen and oxygen atoms in total. The van der Waals surface area contributed by atoms with Crippen molar-refractivity contribution in [3.05, 3.63) is 11.6 Å². The van der Waals surface area contributed by atoms with Crippen LogP contribution in [0.5, 0.6) is 0 Å². The average molecular weight is 1220 g/mol. The van der Waals surface area contributed by atoms with Crippen LogP contribution in [0.25, 0.3) is 0 Å². The van der Waals surface area contributed by atoms with Gasteiger partial charge in [0, 0.05) is 17.9 Å². The molecule has 9 aliphatic rings. The zero-order valence-electron chi connectivity index (χ0n) is 50.2. The molecule has 0 spiro atoms. The van der Waals surface area contributed by atoms with Gasteiger partial charge < -0.3 is 114 Å². The van der Waals surface area contributed by atoms with Crippen LogP contribution in [0.3, 0.4) is 0 Å². The van der Waals surface area contributed by atoms with E-state index in [2.05, 4.69) is 20.8 Å². The molecule has 0 radical (unpaired) electrons. The zero-order valence-corrected chi connectivity index (χ0v) is 50.2. The third kappa shape index (κ3) is 11.1. The highest BCUT2D eigenvalue weighted by molar-refractivity contribution is 5.87. The molecule has 4 heterocycles. The van der Waals surface area contributed by atoms with Crippen molar-refractivity contribution in [2.24, 2.45) is 56.2 Å². The Morgan fingerprint density at radius 1 is 0.576 bits per heavy atom. The van der Waals surface area contributed by atoms with Gasteiger partial charge in [-0.1, -0.05) is 54.5 Å². The third-order valence-electron chi connectivity index (χ3n) is 22.8. The Morgan fingerprint density at radius 3 is 1.82 bits per heavy atom. The maximum Gasteiger partial charge on any atom is 0.335 e. The molecule has 0 bridgehead atoms. The predicted molar refractivity (Wildman–Crippen MR) is 288 cm³/mol.